The van der Waals surface area contributed by atoms with Crippen molar-refractivity contribution in [2.24, 2.45) is 0 Å². The van der Waals surface area contributed by atoms with E-state index in [9.17, 15) is 0 Å². The third-order valence-corrected chi connectivity index (χ3v) is 13.2. The van der Waals surface area contributed by atoms with Crippen molar-refractivity contribution >= 4 is 60.6 Å². The molecular weight excluding hydrogens is 725 g/mol. The largest absolute Gasteiger partial charge is 0.314 e. The van der Waals surface area contributed by atoms with Crippen LogP contribution in [0.15, 0.2) is 188 Å². The van der Waals surface area contributed by atoms with Crippen molar-refractivity contribution in [1.82, 2.24) is 4.40 Å². The Bertz CT molecular complexity index is 3380. The van der Waals surface area contributed by atoms with Crippen LogP contribution in [0, 0.1) is 11.8 Å². The number of rotatable bonds is 6. The molecule has 60 heavy (non-hydrogen) atoms. The van der Waals surface area contributed by atoms with Gasteiger partial charge in [0.15, 0.2) is 0 Å². The molecule has 0 saturated carbocycles. The van der Waals surface area contributed by atoms with Crippen LogP contribution in [0.25, 0.3) is 71.5 Å². The minimum atomic E-state index is 0.408. The number of hydrogen-bond acceptors (Lipinski definition) is 1. The number of anilines is 2. The van der Waals surface area contributed by atoms with Gasteiger partial charge in [-0.1, -0.05) is 158 Å². The third-order valence-electron chi connectivity index (χ3n) is 13.2. The van der Waals surface area contributed by atoms with E-state index in [0.717, 1.165) is 25.7 Å². The van der Waals surface area contributed by atoms with Crippen molar-refractivity contribution in [2.45, 2.75) is 38.5 Å². The van der Waals surface area contributed by atoms with E-state index in [-0.39, 0.29) is 0 Å². The van der Waals surface area contributed by atoms with Gasteiger partial charge >= 0.3 is 0 Å². The molecule has 2 aromatic heterocycles. The number of nitrogens with zero attached hydrogens (tertiary/aromatic N) is 2. The molecule has 0 N–H and O–H groups in total. The smallest absolute Gasteiger partial charge is 0.0641 e. The van der Waals surface area contributed by atoms with Gasteiger partial charge in [-0.25, -0.2) is 0 Å². The minimum absolute atomic E-state index is 0.408. The molecule has 1 atom stereocenters. The Kier molecular flexibility index (Phi) is 8.03. The van der Waals surface area contributed by atoms with E-state index >= 15 is 0 Å². The first kappa shape index (κ1) is 34.7. The molecule has 0 fully saturated rings. The van der Waals surface area contributed by atoms with Crippen molar-refractivity contribution in [3.8, 4) is 34.1 Å². The van der Waals surface area contributed by atoms with Gasteiger partial charge in [0.1, 0.15) is 0 Å². The van der Waals surface area contributed by atoms with Crippen LogP contribution in [-0.2, 0) is 6.42 Å². The van der Waals surface area contributed by atoms with Gasteiger partial charge in [-0.2, -0.15) is 0 Å². The van der Waals surface area contributed by atoms with Gasteiger partial charge in [-0.3, -0.25) is 0 Å². The molecule has 2 heterocycles. The molecule has 7 aromatic carbocycles. The Hall–Kier alpha value is -7.34. The molecule has 284 valence electrons. The highest BCUT2D eigenvalue weighted by atomic mass is 15.2. The molecule has 0 amide bonds. The predicted molar refractivity (Wildman–Crippen MR) is 254 cm³/mol. The van der Waals surface area contributed by atoms with Crippen molar-refractivity contribution in [1.29, 1.82) is 0 Å². The number of fused-ring (bicyclic) bond motifs is 9. The van der Waals surface area contributed by atoms with Crippen LogP contribution in [0.4, 0.5) is 11.4 Å². The molecule has 3 aliphatic carbocycles. The van der Waals surface area contributed by atoms with Gasteiger partial charge in [-0.15, -0.1) is 0 Å². The summed E-state index contributed by atoms with van der Waals surface area (Å²) >= 11 is 0. The number of hydrogen-bond donors (Lipinski definition) is 0. The quantitative estimate of drug-likeness (QED) is 0.153. The van der Waals surface area contributed by atoms with Crippen LogP contribution in [0.1, 0.15) is 54.4 Å². The van der Waals surface area contributed by atoms with Crippen LogP contribution < -0.4 is 4.90 Å². The summed E-state index contributed by atoms with van der Waals surface area (Å²) in [5.41, 5.74) is 20.8. The summed E-state index contributed by atoms with van der Waals surface area (Å²) in [5, 5.41) is 5.18. The van der Waals surface area contributed by atoms with E-state index in [1.165, 1.54) is 111 Å². The molecular formula is C58H42N2. The summed E-state index contributed by atoms with van der Waals surface area (Å²) in [5.74, 6) is 6.82. The van der Waals surface area contributed by atoms with Crippen molar-refractivity contribution in [2.75, 3.05) is 4.90 Å². The van der Waals surface area contributed by atoms with Crippen molar-refractivity contribution < 1.29 is 0 Å². The molecule has 0 spiro atoms. The lowest BCUT2D eigenvalue weighted by molar-refractivity contribution is 0.745. The average Bonchev–Trinajstić information content (AvgIpc) is 3.68. The summed E-state index contributed by atoms with van der Waals surface area (Å²) in [4.78, 5) is 2.54. The summed E-state index contributed by atoms with van der Waals surface area (Å²) in [6.07, 6.45) is 15.0. The highest BCUT2D eigenvalue weighted by Crippen LogP contribution is 2.49. The van der Waals surface area contributed by atoms with E-state index in [2.05, 4.69) is 210 Å². The van der Waals surface area contributed by atoms with Gasteiger partial charge < -0.3 is 9.30 Å². The van der Waals surface area contributed by atoms with E-state index in [1.54, 1.807) is 0 Å². The third kappa shape index (κ3) is 5.43. The molecule has 2 heteroatoms. The molecule has 0 aliphatic heterocycles. The maximum atomic E-state index is 3.22. The zero-order valence-electron chi connectivity index (χ0n) is 33.6. The monoisotopic (exact) mass is 766 g/mol. The Morgan fingerprint density at radius 1 is 0.617 bits per heavy atom. The number of aromatic nitrogens is 1. The van der Waals surface area contributed by atoms with Gasteiger partial charge in [-0.05, 0) is 123 Å². The molecule has 0 radical (unpaired) electrons. The summed E-state index contributed by atoms with van der Waals surface area (Å²) in [7, 11) is 0. The molecule has 1 unspecified atom stereocenters. The fraction of sp³-hybridized carbons (Fsp3) is 0.103. The lowest BCUT2D eigenvalue weighted by Crippen LogP contribution is -2.18. The second-order valence-electron chi connectivity index (χ2n) is 16.6. The second kappa shape index (κ2) is 13.9. The SMILES string of the molecule is CC1Cc2cc(C3=CC#CCC=C3)ccc2-c2cccc(C3=CC=C(N(c4ccc(-c5ccccc5)cc4)c4ccc5c6ccccc6n6c7ccccc7c4c56)CC3)c21. The van der Waals surface area contributed by atoms with Crippen LogP contribution in [-0.4, -0.2) is 4.40 Å². The molecule has 0 bridgehead atoms. The Balaban J connectivity index is 0.993. The standard InChI is InChI=1S/C58H42N2/c1-38-36-44-37-43(40-16-5-2-3-6-17-40)28-33-47(44)50-21-13-20-48(56(38)50)42-26-31-46(32-27-42)59(45-29-24-41(25-30-45)39-14-7-4-8-15-39)55-35-34-51-49-18-9-11-22-53(49)60-54-23-12-10-19-52(54)57(55)58(51)60/h4-5,7-26,28-31,33-35,37-38H,2,27,32,36H2,1H3. The summed E-state index contributed by atoms with van der Waals surface area (Å²) in [6, 6.07) is 56.4. The maximum Gasteiger partial charge on any atom is 0.0641 e. The number of benzene rings is 7. The fourth-order valence-electron chi connectivity index (χ4n) is 10.5. The van der Waals surface area contributed by atoms with Crippen molar-refractivity contribution in [3.05, 3.63) is 210 Å². The lowest BCUT2D eigenvalue weighted by Gasteiger charge is -2.32. The predicted octanol–water partition coefficient (Wildman–Crippen LogP) is 15.1. The van der Waals surface area contributed by atoms with Crippen LogP contribution in [0.3, 0.4) is 0 Å². The highest BCUT2D eigenvalue weighted by molar-refractivity contribution is 6.27. The van der Waals surface area contributed by atoms with Crippen molar-refractivity contribution in [3.63, 3.8) is 0 Å². The first-order valence-corrected chi connectivity index (χ1v) is 21.3. The Morgan fingerprint density at radius 2 is 1.37 bits per heavy atom. The normalized spacial score (nSPS) is 15.9. The second-order valence-corrected chi connectivity index (χ2v) is 16.6. The van der Waals surface area contributed by atoms with Gasteiger partial charge in [0.05, 0.1) is 22.2 Å². The Labute approximate surface area is 351 Å². The first-order chi connectivity index (χ1) is 29.7. The summed E-state index contributed by atoms with van der Waals surface area (Å²) in [6.45, 7) is 2.41. The maximum absolute atomic E-state index is 3.22. The lowest BCUT2D eigenvalue weighted by atomic mass is 9.75. The highest BCUT2D eigenvalue weighted by Gasteiger charge is 2.29. The number of allylic oxidation sites excluding steroid dienone is 8. The van der Waals surface area contributed by atoms with Crippen LogP contribution in [0.5, 0.6) is 0 Å². The topological polar surface area (TPSA) is 7.65 Å². The molecule has 9 aromatic rings. The molecule has 0 saturated heterocycles. The molecule has 3 aliphatic rings. The van der Waals surface area contributed by atoms with Gasteiger partial charge in [0, 0.05) is 39.4 Å². The fourth-order valence-corrected chi connectivity index (χ4v) is 10.5. The average molecular weight is 767 g/mol. The van der Waals surface area contributed by atoms with Gasteiger partial charge in [0.2, 0.25) is 0 Å². The summed E-state index contributed by atoms with van der Waals surface area (Å²) < 4.78 is 2.49. The van der Waals surface area contributed by atoms with E-state index < -0.39 is 0 Å². The number of para-hydroxylation sites is 2. The molecule has 12 rings (SSSR count). The van der Waals surface area contributed by atoms with Crippen LogP contribution >= 0.6 is 0 Å². The van der Waals surface area contributed by atoms with Gasteiger partial charge in [0.25, 0.3) is 0 Å². The van der Waals surface area contributed by atoms with E-state index in [4.69, 9.17) is 0 Å². The first-order valence-electron chi connectivity index (χ1n) is 21.3. The van der Waals surface area contributed by atoms with E-state index in [0.29, 0.717) is 5.92 Å². The van der Waals surface area contributed by atoms with E-state index in [1.807, 2.05) is 0 Å². The Morgan fingerprint density at radius 3 is 2.20 bits per heavy atom. The zero-order valence-corrected chi connectivity index (χ0v) is 33.6. The van der Waals surface area contributed by atoms with Crippen LogP contribution in [0.2, 0.25) is 0 Å². The molecule has 2 nitrogen and oxygen atoms in total. The minimum Gasteiger partial charge on any atom is -0.314 e. The zero-order chi connectivity index (χ0) is 39.7.